The second-order valence-corrected chi connectivity index (χ2v) is 10.9. The zero-order valence-electron chi connectivity index (χ0n) is 23.8. The second kappa shape index (κ2) is 11.9. The Balaban J connectivity index is 1.30. The van der Waals surface area contributed by atoms with Crippen LogP contribution < -0.4 is 4.74 Å². The Morgan fingerprint density at radius 3 is 2.43 bits per heavy atom. The molecule has 1 saturated carbocycles. The average Bonchev–Trinajstić information content (AvgIpc) is 3.72. The van der Waals surface area contributed by atoms with E-state index in [1.54, 1.807) is 4.57 Å². The van der Waals surface area contributed by atoms with E-state index in [0.29, 0.717) is 11.7 Å². The van der Waals surface area contributed by atoms with Crippen LogP contribution in [0.4, 0.5) is 17.6 Å². The van der Waals surface area contributed by atoms with E-state index >= 15 is 8.78 Å². The van der Waals surface area contributed by atoms with Crippen molar-refractivity contribution in [2.75, 3.05) is 0 Å². The molecule has 1 N–H and O–H groups in total. The largest absolute Gasteiger partial charge is 0.477 e. The number of imidazole rings is 1. The number of hydrogen-bond donors (Lipinski definition) is 1. The number of fused-ring (bicyclic) bond motifs is 1. The smallest absolute Gasteiger partial charge is 0.354 e. The van der Waals surface area contributed by atoms with Gasteiger partial charge in [-0.25, -0.2) is 37.3 Å². The maximum absolute atomic E-state index is 15.5. The number of halogens is 4. The SMILES string of the molecule is N#CCC1(Cn2c(Cc3cc(F)c(-c4nc(OCc5ccc(C#N)cc5F)ncc4F)cc3F)nc3ccc(C(=O)O)nc32)CC1. The van der Waals surface area contributed by atoms with Crippen molar-refractivity contribution in [3.05, 3.63) is 100 Å². The zero-order chi connectivity index (χ0) is 32.6. The molecule has 0 unspecified atom stereocenters. The molecule has 0 amide bonds. The molecule has 1 fully saturated rings. The predicted octanol–water partition coefficient (Wildman–Crippen LogP) is 5.88. The summed E-state index contributed by atoms with van der Waals surface area (Å²) in [7, 11) is 0. The standard InChI is InChI=1S/C32H21F4N7O3/c33-21-9-17(13-38)1-2-18(21)15-46-31-39-14-24(36)28(42-31)20-12-22(34)19(10-23(20)35)11-27-40-25-3-4-26(30(44)45)41-29(25)43(27)16-32(5-6-32)7-8-37/h1-4,9-10,12,14H,5-7,11,15-16H2,(H,44,45). The summed E-state index contributed by atoms with van der Waals surface area (Å²) in [6, 6.07) is 11.7. The Morgan fingerprint density at radius 1 is 0.957 bits per heavy atom. The van der Waals surface area contributed by atoms with Gasteiger partial charge in [-0.3, -0.25) is 0 Å². The molecule has 0 aliphatic heterocycles. The van der Waals surface area contributed by atoms with Gasteiger partial charge in [-0.2, -0.15) is 15.5 Å². The maximum atomic E-state index is 15.5. The average molecular weight is 628 g/mol. The molecule has 0 radical (unpaired) electrons. The highest BCUT2D eigenvalue weighted by Crippen LogP contribution is 2.50. The lowest BCUT2D eigenvalue weighted by molar-refractivity contribution is 0.0690. The van der Waals surface area contributed by atoms with Crippen molar-refractivity contribution >= 4 is 17.1 Å². The topological polar surface area (TPSA) is 151 Å². The molecule has 0 spiro atoms. The normalized spacial score (nSPS) is 13.3. The van der Waals surface area contributed by atoms with Gasteiger partial charge in [0.2, 0.25) is 0 Å². The third-order valence-corrected chi connectivity index (χ3v) is 7.80. The third-order valence-electron chi connectivity index (χ3n) is 7.80. The molecule has 46 heavy (non-hydrogen) atoms. The minimum atomic E-state index is -1.25. The first-order chi connectivity index (χ1) is 22.1. The summed E-state index contributed by atoms with van der Waals surface area (Å²) >= 11 is 0. The molecule has 1 aliphatic rings. The minimum absolute atomic E-state index is 0.0655. The fourth-order valence-corrected chi connectivity index (χ4v) is 5.10. The number of aromatic nitrogens is 5. The molecule has 6 rings (SSSR count). The van der Waals surface area contributed by atoms with Crippen molar-refractivity contribution in [3.63, 3.8) is 0 Å². The van der Waals surface area contributed by atoms with Crippen LogP contribution in [0.25, 0.3) is 22.4 Å². The van der Waals surface area contributed by atoms with Gasteiger partial charge in [0.15, 0.2) is 17.2 Å². The van der Waals surface area contributed by atoms with Gasteiger partial charge in [0.25, 0.3) is 0 Å². The minimum Gasteiger partial charge on any atom is -0.477 e. The van der Waals surface area contributed by atoms with Gasteiger partial charge in [0, 0.05) is 35.9 Å². The highest BCUT2D eigenvalue weighted by atomic mass is 19.1. The van der Waals surface area contributed by atoms with Crippen molar-refractivity contribution in [2.45, 2.75) is 38.8 Å². The fraction of sp³-hybridized carbons (Fsp3) is 0.219. The number of carbonyl (C=O) groups is 1. The van der Waals surface area contributed by atoms with Crippen LogP contribution in [0.15, 0.2) is 48.7 Å². The quantitative estimate of drug-likeness (QED) is 0.187. The Bertz CT molecular complexity index is 2120. The molecule has 0 saturated heterocycles. The summed E-state index contributed by atoms with van der Waals surface area (Å²) in [5.74, 6) is -4.64. The lowest BCUT2D eigenvalue weighted by Crippen LogP contribution is -2.15. The van der Waals surface area contributed by atoms with Crippen LogP contribution in [0.3, 0.4) is 0 Å². The van der Waals surface area contributed by atoms with Gasteiger partial charge in [-0.15, -0.1) is 0 Å². The molecule has 0 atom stereocenters. The number of benzene rings is 2. The summed E-state index contributed by atoms with van der Waals surface area (Å²) in [6.07, 6.45) is 2.26. The summed E-state index contributed by atoms with van der Waals surface area (Å²) in [4.78, 5) is 27.9. The summed E-state index contributed by atoms with van der Waals surface area (Å²) in [5.41, 5.74) is -1.03. The third kappa shape index (κ3) is 5.93. The molecule has 5 aromatic rings. The van der Waals surface area contributed by atoms with Crippen LogP contribution in [0.5, 0.6) is 6.01 Å². The molecule has 10 nitrogen and oxygen atoms in total. The Morgan fingerprint density at radius 2 is 1.74 bits per heavy atom. The lowest BCUT2D eigenvalue weighted by atomic mass is 10.0. The molecular weight excluding hydrogens is 606 g/mol. The van der Waals surface area contributed by atoms with Crippen LogP contribution >= 0.6 is 0 Å². The number of ether oxygens (including phenoxy) is 1. The van der Waals surface area contributed by atoms with E-state index in [1.165, 1.54) is 24.3 Å². The van der Waals surface area contributed by atoms with Gasteiger partial charge in [0.05, 0.1) is 23.9 Å². The van der Waals surface area contributed by atoms with Crippen molar-refractivity contribution < 1.29 is 32.2 Å². The number of hydrogen-bond acceptors (Lipinski definition) is 8. The van der Waals surface area contributed by atoms with Crippen molar-refractivity contribution in [3.8, 4) is 29.4 Å². The van der Waals surface area contributed by atoms with E-state index < -0.39 is 46.5 Å². The molecule has 3 aromatic heterocycles. The Labute approximate surface area is 258 Å². The molecule has 0 bridgehead atoms. The molecule has 2 aromatic carbocycles. The van der Waals surface area contributed by atoms with E-state index in [2.05, 4.69) is 26.0 Å². The van der Waals surface area contributed by atoms with E-state index in [4.69, 9.17) is 10.00 Å². The molecule has 230 valence electrons. The van der Waals surface area contributed by atoms with Crippen molar-refractivity contribution in [2.24, 2.45) is 5.41 Å². The zero-order valence-corrected chi connectivity index (χ0v) is 23.8. The van der Waals surface area contributed by atoms with Crippen molar-refractivity contribution in [1.82, 2.24) is 24.5 Å². The maximum Gasteiger partial charge on any atom is 0.354 e. The number of nitriles is 2. The second-order valence-electron chi connectivity index (χ2n) is 10.9. The van der Waals surface area contributed by atoms with Gasteiger partial charge in [-0.1, -0.05) is 6.07 Å². The lowest BCUT2D eigenvalue weighted by Gasteiger charge is -2.16. The van der Waals surface area contributed by atoms with Crippen LogP contribution in [-0.2, 0) is 19.6 Å². The predicted molar refractivity (Wildman–Crippen MR) is 152 cm³/mol. The first-order valence-electron chi connectivity index (χ1n) is 13.9. The van der Waals surface area contributed by atoms with Crippen LogP contribution in [0.1, 0.15) is 52.3 Å². The number of pyridine rings is 1. The van der Waals surface area contributed by atoms with Crippen LogP contribution in [0.2, 0.25) is 0 Å². The number of aromatic carboxylic acids is 1. The van der Waals surface area contributed by atoms with Gasteiger partial charge < -0.3 is 14.4 Å². The first-order valence-corrected chi connectivity index (χ1v) is 13.9. The highest BCUT2D eigenvalue weighted by Gasteiger charge is 2.43. The van der Waals surface area contributed by atoms with Gasteiger partial charge in [0.1, 0.15) is 41.1 Å². The number of rotatable bonds is 10. The van der Waals surface area contributed by atoms with Gasteiger partial charge in [-0.05, 0) is 54.8 Å². The summed E-state index contributed by atoms with van der Waals surface area (Å²) in [6.45, 7) is -0.0934. The first kappa shape index (κ1) is 30.1. The van der Waals surface area contributed by atoms with Crippen molar-refractivity contribution in [1.29, 1.82) is 10.5 Å². The Kier molecular flexibility index (Phi) is 7.79. The van der Waals surface area contributed by atoms with Gasteiger partial charge >= 0.3 is 12.0 Å². The molecular formula is C32H21F4N7O3. The van der Waals surface area contributed by atoms with Crippen LogP contribution in [-0.4, -0.2) is 35.6 Å². The molecule has 14 heteroatoms. The summed E-state index contributed by atoms with van der Waals surface area (Å²) < 4.78 is 67.0. The molecule has 1 aliphatic carbocycles. The fourth-order valence-electron chi connectivity index (χ4n) is 5.10. The van der Waals surface area contributed by atoms with E-state index in [-0.39, 0.29) is 65.3 Å². The van der Waals surface area contributed by atoms with E-state index in [1.807, 2.05) is 6.07 Å². The number of carboxylic acid groups (broad SMARTS) is 1. The monoisotopic (exact) mass is 627 g/mol. The number of nitrogens with zero attached hydrogens (tertiary/aromatic N) is 7. The highest BCUT2D eigenvalue weighted by molar-refractivity contribution is 5.88. The Hall–Kier alpha value is -5.89. The van der Waals surface area contributed by atoms with Crippen LogP contribution in [0, 0.1) is 51.3 Å². The summed E-state index contributed by atoms with van der Waals surface area (Å²) in [5, 5.41) is 27.6. The van der Waals surface area contributed by atoms with E-state index in [0.717, 1.165) is 31.0 Å². The van der Waals surface area contributed by atoms with E-state index in [9.17, 15) is 23.9 Å². The molecule has 3 heterocycles. The number of carboxylic acids is 1.